The summed E-state index contributed by atoms with van der Waals surface area (Å²) in [5.74, 6) is -0.924. The summed E-state index contributed by atoms with van der Waals surface area (Å²) in [7, 11) is 1.68. The zero-order chi connectivity index (χ0) is 21.5. The number of piperazine rings is 1. The Morgan fingerprint density at radius 2 is 1.71 bits per heavy atom. The second kappa shape index (κ2) is 8.12. The van der Waals surface area contributed by atoms with Gasteiger partial charge in [0.2, 0.25) is 5.91 Å². The molecule has 4 saturated heterocycles. The number of hydrogen-bond acceptors (Lipinski definition) is 7. The van der Waals surface area contributed by atoms with Crippen LogP contribution in [0.2, 0.25) is 0 Å². The topological polar surface area (TPSA) is 91.4 Å². The molecule has 4 heterocycles. The highest BCUT2D eigenvalue weighted by atomic mass is 16.5. The van der Waals surface area contributed by atoms with Gasteiger partial charge in [-0.25, -0.2) is 0 Å². The molecule has 0 saturated carbocycles. The third-order valence-corrected chi connectivity index (χ3v) is 6.97. The Bertz CT molecular complexity index is 856. The van der Waals surface area contributed by atoms with Gasteiger partial charge < -0.3 is 14.4 Å². The number of para-hydroxylation sites is 2. The molecule has 4 fully saturated rings. The number of anilines is 1. The van der Waals surface area contributed by atoms with Crippen LogP contribution < -0.4 is 15.1 Å². The van der Waals surface area contributed by atoms with Gasteiger partial charge in [-0.3, -0.25) is 24.7 Å². The number of hydrogen-bond donors (Lipinski definition) is 1. The molecule has 2 bridgehead atoms. The number of carbonyl (C=O) groups excluding carboxylic acids is 3. The first-order valence-electron chi connectivity index (χ1n) is 11.0. The molecule has 4 aliphatic heterocycles. The number of carbonyl (C=O) groups is 3. The fourth-order valence-corrected chi connectivity index (χ4v) is 5.37. The lowest BCUT2D eigenvalue weighted by atomic mass is 9.81. The molecule has 1 aromatic rings. The Morgan fingerprint density at radius 3 is 2.35 bits per heavy atom. The maximum absolute atomic E-state index is 12.6. The van der Waals surface area contributed by atoms with Crippen molar-refractivity contribution in [1.29, 1.82) is 0 Å². The molecule has 4 aliphatic rings. The first-order chi connectivity index (χ1) is 15.1. The number of nitrogens with zero attached hydrogens (tertiary/aromatic N) is 3. The SMILES string of the molecule is COc1ccccc1N1CCN(CCC(=O)NN2C(=O)C3C(C2=O)[C@H]2CC[C@@H]3O2)CC1. The van der Waals surface area contributed by atoms with Crippen molar-refractivity contribution in [3.05, 3.63) is 24.3 Å². The number of fused-ring (bicyclic) bond motifs is 5. The quantitative estimate of drug-likeness (QED) is 0.656. The lowest BCUT2D eigenvalue weighted by molar-refractivity contribution is -0.151. The van der Waals surface area contributed by atoms with Crippen molar-refractivity contribution in [3.8, 4) is 5.75 Å². The maximum atomic E-state index is 12.6. The molecular formula is C22H28N4O5. The van der Waals surface area contributed by atoms with Gasteiger partial charge in [-0.2, -0.15) is 5.01 Å². The van der Waals surface area contributed by atoms with Gasteiger partial charge in [-0.15, -0.1) is 0 Å². The summed E-state index contributed by atoms with van der Waals surface area (Å²) < 4.78 is 11.2. The minimum absolute atomic E-state index is 0.173. The number of ether oxygens (including phenoxy) is 2. The van der Waals surface area contributed by atoms with Crippen LogP contribution in [-0.4, -0.2) is 79.7 Å². The Morgan fingerprint density at radius 1 is 1.06 bits per heavy atom. The molecule has 0 radical (unpaired) electrons. The molecule has 1 aromatic carbocycles. The van der Waals surface area contributed by atoms with E-state index in [0.29, 0.717) is 6.54 Å². The summed E-state index contributed by atoms with van der Waals surface area (Å²) in [5.41, 5.74) is 3.63. The summed E-state index contributed by atoms with van der Waals surface area (Å²) in [4.78, 5) is 42.2. The highest BCUT2D eigenvalue weighted by Gasteiger charge is 2.62. The summed E-state index contributed by atoms with van der Waals surface area (Å²) in [6.07, 6.45) is 1.52. The number of imide groups is 1. The lowest BCUT2D eigenvalue weighted by Gasteiger charge is -2.36. The molecule has 2 unspecified atom stereocenters. The van der Waals surface area contributed by atoms with Crippen LogP contribution in [0.15, 0.2) is 24.3 Å². The van der Waals surface area contributed by atoms with Crippen LogP contribution in [0.25, 0.3) is 0 Å². The van der Waals surface area contributed by atoms with E-state index >= 15 is 0 Å². The zero-order valence-corrected chi connectivity index (χ0v) is 17.7. The number of benzene rings is 1. The summed E-state index contributed by atoms with van der Waals surface area (Å²) >= 11 is 0. The molecule has 9 nitrogen and oxygen atoms in total. The monoisotopic (exact) mass is 428 g/mol. The van der Waals surface area contributed by atoms with E-state index in [-0.39, 0.29) is 36.4 Å². The van der Waals surface area contributed by atoms with Crippen LogP contribution in [0.5, 0.6) is 5.75 Å². The predicted octanol–water partition coefficient (Wildman–Crippen LogP) is 0.401. The van der Waals surface area contributed by atoms with Gasteiger partial charge in [-0.05, 0) is 25.0 Å². The van der Waals surface area contributed by atoms with Gasteiger partial charge in [-0.1, -0.05) is 12.1 Å². The average molecular weight is 428 g/mol. The van der Waals surface area contributed by atoms with Gasteiger partial charge in [0.15, 0.2) is 0 Å². The van der Waals surface area contributed by atoms with Crippen LogP contribution in [0, 0.1) is 11.8 Å². The highest BCUT2D eigenvalue weighted by Crippen LogP contribution is 2.48. The molecule has 166 valence electrons. The molecule has 31 heavy (non-hydrogen) atoms. The van der Waals surface area contributed by atoms with Gasteiger partial charge in [0.25, 0.3) is 11.8 Å². The predicted molar refractivity (Wildman–Crippen MR) is 111 cm³/mol. The number of amides is 3. The Kier molecular flexibility index (Phi) is 5.31. The van der Waals surface area contributed by atoms with Crippen LogP contribution in [-0.2, 0) is 19.1 Å². The third kappa shape index (κ3) is 3.55. The fraction of sp³-hybridized carbons (Fsp3) is 0.591. The lowest BCUT2D eigenvalue weighted by Crippen LogP contribution is -2.50. The van der Waals surface area contributed by atoms with Crippen molar-refractivity contribution < 1.29 is 23.9 Å². The summed E-state index contributed by atoms with van der Waals surface area (Å²) in [6.45, 7) is 3.94. The minimum atomic E-state index is -0.422. The Labute approximate surface area is 181 Å². The minimum Gasteiger partial charge on any atom is -0.495 e. The van der Waals surface area contributed by atoms with Gasteiger partial charge in [0.05, 0.1) is 36.8 Å². The van der Waals surface area contributed by atoms with E-state index in [0.717, 1.165) is 55.5 Å². The first kappa shape index (κ1) is 20.3. The first-order valence-corrected chi connectivity index (χ1v) is 11.0. The molecule has 3 amide bonds. The molecule has 0 aliphatic carbocycles. The number of nitrogens with one attached hydrogen (secondary N) is 1. The smallest absolute Gasteiger partial charge is 0.254 e. The standard InChI is InChI=1S/C22H28N4O5/c1-30-15-5-3-2-4-14(15)25-12-10-24(11-13-25)9-8-18(27)23-26-21(28)19-16-6-7-17(31-16)20(19)22(26)29/h2-5,16-17,19-20H,6-13H2,1H3,(H,23,27)/t16-,17+,19?,20?. The normalized spacial score (nSPS) is 30.1. The second-order valence-electron chi connectivity index (χ2n) is 8.64. The third-order valence-electron chi connectivity index (χ3n) is 6.97. The average Bonchev–Trinajstić information content (AvgIpc) is 3.48. The molecule has 0 aromatic heterocycles. The van der Waals surface area contributed by atoms with Crippen molar-refractivity contribution in [2.75, 3.05) is 44.7 Å². The van der Waals surface area contributed by atoms with E-state index in [1.54, 1.807) is 7.11 Å². The molecule has 4 atom stereocenters. The zero-order valence-electron chi connectivity index (χ0n) is 17.7. The number of hydrazine groups is 1. The van der Waals surface area contributed by atoms with Crippen molar-refractivity contribution in [3.63, 3.8) is 0 Å². The van der Waals surface area contributed by atoms with Gasteiger partial charge >= 0.3 is 0 Å². The molecule has 0 spiro atoms. The maximum Gasteiger partial charge on any atom is 0.254 e. The van der Waals surface area contributed by atoms with E-state index < -0.39 is 11.8 Å². The van der Waals surface area contributed by atoms with Crippen LogP contribution in [0.4, 0.5) is 5.69 Å². The van der Waals surface area contributed by atoms with E-state index in [9.17, 15) is 14.4 Å². The fourth-order valence-electron chi connectivity index (χ4n) is 5.37. The largest absolute Gasteiger partial charge is 0.495 e. The highest BCUT2D eigenvalue weighted by molar-refractivity contribution is 6.07. The van der Waals surface area contributed by atoms with Gasteiger partial charge in [0, 0.05) is 39.1 Å². The van der Waals surface area contributed by atoms with Gasteiger partial charge in [0.1, 0.15) is 5.75 Å². The Balaban J connectivity index is 1.10. The van der Waals surface area contributed by atoms with Crippen molar-refractivity contribution in [2.45, 2.75) is 31.5 Å². The van der Waals surface area contributed by atoms with E-state index in [1.165, 1.54) is 0 Å². The molecular weight excluding hydrogens is 400 g/mol. The number of methoxy groups -OCH3 is 1. The van der Waals surface area contributed by atoms with Crippen molar-refractivity contribution in [2.24, 2.45) is 11.8 Å². The molecule has 1 N–H and O–H groups in total. The van der Waals surface area contributed by atoms with Crippen molar-refractivity contribution >= 4 is 23.4 Å². The second-order valence-corrected chi connectivity index (χ2v) is 8.64. The summed E-state index contributed by atoms with van der Waals surface area (Å²) in [5, 5.41) is 0.950. The number of rotatable bonds is 6. The van der Waals surface area contributed by atoms with Crippen molar-refractivity contribution in [1.82, 2.24) is 15.3 Å². The summed E-state index contributed by atoms with van der Waals surface area (Å²) in [6, 6.07) is 7.97. The van der Waals surface area contributed by atoms with E-state index in [1.807, 2.05) is 18.2 Å². The van der Waals surface area contributed by atoms with Crippen LogP contribution in [0.3, 0.4) is 0 Å². The molecule has 5 rings (SSSR count). The molecule has 9 heteroatoms. The Hall–Kier alpha value is -2.65. The van der Waals surface area contributed by atoms with Crippen LogP contribution >= 0.6 is 0 Å². The van der Waals surface area contributed by atoms with Crippen LogP contribution in [0.1, 0.15) is 19.3 Å². The van der Waals surface area contributed by atoms with E-state index in [2.05, 4.69) is 21.3 Å². The van der Waals surface area contributed by atoms with E-state index in [4.69, 9.17) is 9.47 Å².